The zero-order chi connectivity index (χ0) is 16.5. The van der Waals surface area contributed by atoms with E-state index in [1.54, 1.807) is 12.5 Å². The maximum atomic E-state index is 11.2. The van der Waals surface area contributed by atoms with Crippen LogP contribution in [0.2, 0.25) is 0 Å². The lowest BCUT2D eigenvalue weighted by molar-refractivity contribution is -0.118. The predicted octanol–water partition coefficient (Wildman–Crippen LogP) is 5.63. The quantitative estimate of drug-likeness (QED) is 0.702. The van der Waals surface area contributed by atoms with E-state index in [9.17, 15) is 4.79 Å². The Balaban J connectivity index is 1.28. The molecule has 4 aliphatic rings. The summed E-state index contributed by atoms with van der Waals surface area (Å²) in [5.41, 5.74) is 4.26. The van der Waals surface area contributed by atoms with Crippen LogP contribution in [0.5, 0.6) is 0 Å². The van der Waals surface area contributed by atoms with E-state index >= 15 is 0 Å². The Hall–Kier alpha value is -1.11. The smallest absolute Gasteiger partial charge is 0.130 e. The summed E-state index contributed by atoms with van der Waals surface area (Å²) in [6.07, 6.45) is 10.6. The summed E-state index contributed by atoms with van der Waals surface area (Å²) >= 11 is 0. The highest BCUT2D eigenvalue weighted by Crippen LogP contribution is 2.74. The van der Waals surface area contributed by atoms with Gasteiger partial charge in [0.1, 0.15) is 5.78 Å². The average Bonchev–Trinajstić information content (AvgIpc) is 3.03. The van der Waals surface area contributed by atoms with Crippen molar-refractivity contribution in [1.82, 2.24) is 0 Å². The van der Waals surface area contributed by atoms with Crippen LogP contribution in [0, 0.1) is 23.2 Å². The predicted molar refractivity (Wildman–Crippen MR) is 97.1 cm³/mol. The van der Waals surface area contributed by atoms with E-state index < -0.39 is 0 Å². The van der Waals surface area contributed by atoms with Crippen molar-refractivity contribution in [2.75, 3.05) is 0 Å². The molecule has 0 aliphatic heterocycles. The highest BCUT2D eigenvalue weighted by molar-refractivity contribution is 5.75. The molecule has 0 radical (unpaired) electrons. The van der Waals surface area contributed by atoms with Gasteiger partial charge in [0.05, 0.1) is 0 Å². The summed E-state index contributed by atoms with van der Waals surface area (Å²) < 4.78 is 0. The van der Waals surface area contributed by atoms with Gasteiger partial charge in [0.25, 0.3) is 0 Å². The molecule has 1 spiro atoms. The number of hydrogen-bond acceptors (Lipinski definition) is 1. The molecule has 1 heteroatoms. The number of rotatable bonds is 4. The van der Waals surface area contributed by atoms with E-state index in [1.165, 1.54) is 50.5 Å². The molecule has 4 atom stereocenters. The molecule has 0 amide bonds. The first-order chi connectivity index (χ1) is 11.5. The van der Waals surface area contributed by atoms with Crippen molar-refractivity contribution in [3.05, 3.63) is 35.4 Å². The van der Waals surface area contributed by atoms with Crippen LogP contribution in [-0.4, -0.2) is 5.78 Å². The van der Waals surface area contributed by atoms with Gasteiger partial charge in [0.2, 0.25) is 0 Å². The van der Waals surface area contributed by atoms with Crippen molar-refractivity contribution >= 4 is 5.78 Å². The summed E-state index contributed by atoms with van der Waals surface area (Å²) in [6, 6.07) is 9.67. The zero-order valence-corrected chi connectivity index (χ0v) is 15.2. The van der Waals surface area contributed by atoms with E-state index in [0.29, 0.717) is 23.0 Å². The number of carbonyl (C=O) groups excluding carboxylic acids is 1. The minimum atomic E-state index is 0.353. The number of ketones is 1. The van der Waals surface area contributed by atoms with Gasteiger partial charge in [-0.15, -0.1) is 0 Å². The summed E-state index contributed by atoms with van der Waals surface area (Å²) in [5.74, 6) is 3.78. The number of benzene rings is 1. The van der Waals surface area contributed by atoms with Crippen molar-refractivity contribution in [2.24, 2.45) is 23.2 Å². The third kappa shape index (κ3) is 2.30. The Kier molecular flexibility index (Phi) is 3.13. The van der Waals surface area contributed by atoms with Gasteiger partial charge < -0.3 is 4.79 Å². The standard InChI is InChI=1S/C23H30O/c1-15(24)7-16-8-19(9-16)18-3-5-20(6-4-18)22(2)11-17-10-21-13-23(21,12-17)14-22/h3-6,16-17,19,21H,7-14H2,1-2H3. The third-order valence-corrected chi connectivity index (χ3v) is 8.04. The Labute approximate surface area is 146 Å². The molecule has 1 nitrogen and oxygen atoms in total. The average molecular weight is 322 g/mol. The van der Waals surface area contributed by atoms with Crippen LogP contribution in [0.3, 0.4) is 0 Å². The number of carbonyl (C=O) groups is 1. The van der Waals surface area contributed by atoms with Gasteiger partial charge in [-0.25, -0.2) is 0 Å². The van der Waals surface area contributed by atoms with Gasteiger partial charge >= 0.3 is 0 Å². The maximum absolute atomic E-state index is 11.2. The van der Waals surface area contributed by atoms with Gasteiger partial charge in [0.15, 0.2) is 0 Å². The van der Waals surface area contributed by atoms with Crippen molar-refractivity contribution in [1.29, 1.82) is 0 Å². The minimum Gasteiger partial charge on any atom is -0.300 e. The number of Topliss-reactive ketones (excluding diaryl/α,β-unsaturated/α-hetero) is 1. The molecule has 128 valence electrons. The van der Waals surface area contributed by atoms with Gasteiger partial charge in [0, 0.05) is 6.42 Å². The molecule has 24 heavy (non-hydrogen) atoms. The molecule has 4 saturated carbocycles. The van der Waals surface area contributed by atoms with Crippen LogP contribution < -0.4 is 0 Å². The molecule has 1 aromatic rings. The second-order valence-corrected chi connectivity index (χ2v) is 10.1. The lowest BCUT2D eigenvalue weighted by Crippen LogP contribution is -2.33. The van der Waals surface area contributed by atoms with Crippen molar-refractivity contribution in [2.45, 2.75) is 76.5 Å². The fourth-order valence-corrected chi connectivity index (χ4v) is 6.96. The lowest BCUT2D eigenvalue weighted by Gasteiger charge is -2.41. The van der Waals surface area contributed by atoms with Crippen molar-refractivity contribution in [3.8, 4) is 0 Å². The molecule has 0 aromatic heterocycles. The largest absolute Gasteiger partial charge is 0.300 e. The van der Waals surface area contributed by atoms with E-state index in [1.807, 2.05) is 0 Å². The van der Waals surface area contributed by atoms with Crippen LogP contribution in [0.4, 0.5) is 0 Å². The summed E-state index contributed by atoms with van der Waals surface area (Å²) in [4.78, 5) is 11.2. The lowest BCUT2D eigenvalue weighted by atomic mass is 9.63. The SMILES string of the molecule is CC(=O)CC1CC(c2ccc(C3(C)CC4CC5CC5(C4)C3)cc2)C1. The van der Waals surface area contributed by atoms with Crippen LogP contribution in [0.25, 0.3) is 0 Å². The second kappa shape index (κ2) is 4.96. The van der Waals surface area contributed by atoms with Crippen LogP contribution in [-0.2, 0) is 10.2 Å². The zero-order valence-electron chi connectivity index (χ0n) is 15.2. The molecule has 4 aliphatic carbocycles. The van der Waals surface area contributed by atoms with E-state index in [0.717, 1.165) is 23.7 Å². The first-order valence-corrected chi connectivity index (χ1v) is 10.1. The normalized spacial score (nSPS) is 45.4. The monoisotopic (exact) mass is 322 g/mol. The molecule has 5 rings (SSSR count). The summed E-state index contributed by atoms with van der Waals surface area (Å²) in [7, 11) is 0. The topological polar surface area (TPSA) is 17.1 Å². The van der Waals surface area contributed by atoms with Gasteiger partial charge in [-0.2, -0.15) is 0 Å². The van der Waals surface area contributed by atoms with E-state index in [4.69, 9.17) is 0 Å². The number of fused-ring (bicyclic) bond motifs is 1. The molecule has 0 saturated heterocycles. The fraction of sp³-hybridized carbons (Fsp3) is 0.696. The molecular formula is C23H30O. The minimum absolute atomic E-state index is 0.353. The van der Waals surface area contributed by atoms with E-state index in [-0.39, 0.29) is 0 Å². The van der Waals surface area contributed by atoms with Gasteiger partial charge in [-0.3, -0.25) is 0 Å². The maximum Gasteiger partial charge on any atom is 0.130 e. The van der Waals surface area contributed by atoms with Crippen molar-refractivity contribution in [3.63, 3.8) is 0 Å². The highest BCUT2D eigenvalue weighted by atomic mass is 16.1. The van der Waals surface area contributed by atoms with Crippen LogP contribution in [0.1, 0.15) is 82.3 Å². The molecule has 4 unspecified atom stereocenters. The van der Waals surface area contributed by atoms with Crippen LogP contribution >= 0.6 is 0 Å². The first kappa shape index (κ1) is 15.2. The van der Waals surface area contributed by atoms with Crippen LogP contribution in [0.15, 0.2) is 24.3 Å². The van der Waals surface area contributed by atoms with Gasteiger partial charge in [-0.05, 0) is 97.5 Å². The summed E-state index contributed by atoms with van der Waals surface area (Å²) in [5, 5.41) is 0. The Morgan fingerprint density at radius 2 is 1.83 bits per heavy atom. The molecule has 0 N–H and O–H groups in total. The molecule has 1 aromatic carbocycles. The third-order valence-electron chi connectivity index (χ3n) is 8.04. The van der Waals surface area contributed by atoms with Crippen molar-refractivity contribution < 1.29 is 4.79 Å². The molecule has 2 bridgehead atoms. The highest BCUT2D eigenvalue weighted by Gasteiger charge is 2.65. The summed E-state index contributed by atoms with van der Waals surface area (Å²) in [6.45, 7) is 4.26. The van der Waals surface area contributed by atoms with Gasteiger partial charge in [-0.1, -0.05) is 31.2 Å². The Bertz CT molecular complexity index is 668. The number of hydrogen-bond donors (Lipinski definition) is 0. The second-order valence-electron chi connectivity index (χ2n) is 10.1. The molecular weight excluding hydrogens is 292 g/mol. The molecule has 0 heterocycles. The molecule has 4 fully saturated rings. The Morgan fingerprint density at radius 3 is 2.50 bits per heavy atom. The fourth-order valence-electron chi connectivity index (χ4n) is 6.96. The first-order valence-electron chi connectivity index (χ1n) is 10.1. The Morgan fingerprint density at radius 1 is 1.08 bits per heavy atom. The van der Waals surface area contributed by atoms with E-state index in [2.05, 4.69) is 31.2 Å².